The lowest BCUT2D eigenvalue weighted by molar-refractivity contribution is -0.140. The van der Waals surface area contributed by atoms with Crippen LogP contribution in [-0.2, 0) is 20.8 Å². The van der Waals surface area contributed by atoms with E-state index >= 15 is 0 Å². The molecule has 1 saturated heterocycles. The van der Waals surface area contributed by atoms with Gasteiger partial charge in [0.2, 0.25) is 11.8 Å². The molecule has 4 rings (SSSR count). The van der Waals surface area contributed by atoms with Crippen molar-refractivity contribution in [3.05, 3.63) is 65.7 Å². The molecule has 1 saturated carbocycles. The summed E-state index contributed by atoms with van der Waals surface area (Å²) in [5, 5.41) is 0. The molecule has 2 aliphatic rings. The zero-order chi connectivity index (χ0) is 20.4. The van der Waals surface area contributed by atoms with Crippen LogP contribution >= 0.6 is 0 Å². The number of hydrogen-bond acceptors (Lipinski definition) is 3. The second-order valence-corrected chi connectivity index (χ2v) is 8.02. The van der Waals surface area contributed by atoms with Crippen molar-refractivity contribution in [2.24, 2.45) is 0 Å². The molecule has 1 heterocycles. The highest BCUT2D eigenvalue weighted by atomic mass is 16.2. The Balaban J connectivity index is 1.60. The number of nitrogens with zero attached hydrogens (tertiary/aromatic N) is 2. The Morgan fingerprint density at radius 3 is 2.31 bits per heavy atom. The van der Waals surface area contributed by atoms with Crippen molar-refractivity contribution in [3.8, 4) is 0 Å². The number of carbonyl (C=O) groups excluding carboxylic acids is 3. The van der Waals surface area contributed by atoms with Crippen LogP contribution in [-0.4, -0.2) is 34.7 Å². The van der Waals surface area contributed by atoms with E-state index in [0.717, 1.165) is 36.8 Å². The van der Waals surface area contributed by atoms with Gasteiger partial charge in [-0.15, -0.1) is 0 Å². The Morgan fingerprint density at radius 2 is 1.66 bits per heavy atom. The number of hydrogen-bond donors (Lipinski definition) is 0. The smallest absolute Gasteiger partial charge is 0.257 e. The van der Waals surface area contributed by atoms with E-state index in [1.165, 1.54) is 4.90 Å². The summed E-state index contributed by atoms with van der Waals surface area (Å²) in [4.78, 5) is 42.3. The van der Waals surface area contributed by atoms with Crippen LogP contribution in [0.25, 0.3) is 0 Å². The SMILES string of the molecule is Cc1ccc(N2C(=O)CC(N(C(=O)Cc3ccccc3)C3CCCC3)C2=O)cc1. The normalized spacial score (nSPS) is 19.8. The summed E-state index contributed by atoms with van der Waals surface area (Å²) >= 11 is 0. The Kier molecular flexibility index (Phi) is 5.47. The average Bonchev–Trinajstić information content (AvgIpc) is 3.33. The quantitative estimate of drug-likeness (QED) is 0.733. The van der Waals surface area contributed by atoms with Crippen molar-refractivity contribution < 1.29 is 14.4 Å². The number of anilines is 1. The van der Waals surface area contributed by atoms with Gasteiger partial charge in [0, 0.05) is 6.04 Å². The first-order chi connectivity index (χ1) is 14.0. The van der Waals surface area contributed by atoms with Gasteiger partial charge >= 0.3 is 0 Å². The zero-order valence-electron chi connectivity index (χ0n) is 16.7. The predicted octanol–water partition coefficient (Wildman–Crippen LogP) is 3.64. The van der Waals surface area contributed by atoms with Crippen LogP contribution in [0, 0.1) is 6.92 Å². The summed E-state index contributed by atoms with van der Waals surface area (Å²) in [5.74, 6) is -0.591. The van der Waals surface area contributed by atoms with Crippen molar-refractivity contribution >= 4 is 23.4 Å². The second kappa shape index (κ2) is 8.19. The van der Waals surface area contributed by atoms with Crippen LogP contribution < -0.4 is 4.90 Å². The molecule has 3 amide bonds. The molecule has 1 atom stereocenters. The lowest BCUT2D eigenvalue weighted by Gasteiger charge is -2.33. The van der Waals surface area contributed by atoms with Crippen molar-refractivity contribution in [2.45, 2.75) is 57.5 Å². The van der Waals surface area contributed by atoms with Crippen molar-refractivity contribution in [2.75, 3.05) is 4.90 Å². The molecular weight excluding hydrogens is 364 g/mol. The van der Waals surface area contributed by atoms with Crippen LogP contribution in [0.3, 0.4) is 0 Å². The first-order valence-electron chi connectivity index (χ1n) is 10.3. The van der Waals surface area contributed by atoms with E-state index in [1.54, 1.807) is 17.0 Å². The number of rotatable bonds is 5. The van der Waals surface area contributed by atoms with Gasteiger partial charge in [0.15, 0.2) is 0 Å². The minimum atomic E-state index is -0.705. The van der Waals surface area contributed by atoms with Crippen LogP contribution in [0.1, 0.15) is 43.2 Å². The van der Waals surface area contributed by atoms with Gasteiger partial charge in [0.25, 0.3) is 5.91 Å². The Labute approximate surface area is 171 Å². The molecule has 5 heteroatoms. The monoisotopic (exact) mass is 390 g/mol. The molecule has 2 aromatic rings. The van der Waals surface area contributed by atoms with E-state index in [-0.39, 0.29) is 36.6 Å². The van der Waals surface area contributed by atoms with E-state index in [0.29, 0.717) is 5.69 Å². The molecule has 29 heavy (non-hydrogen) atoms. The summed E-state index contributed by atoms with van der Waals surface area (Å²) in [6.45, 7) is 1.96. The molecule has 0 radical (unpaired) electrons. The van der Waals surface area contributed by atoms with Gasteiger partial charge in [-0.2, -0.15) is 0 Å². The average molecular weight is 390 g/mol. The third-order valence-electron chi connectivity index (χ3n) is 5.96. The topological polar surface area (TPSA) is 57.7 Å². The minimum absolute atomic E-state index is 0.0333. The third-order valence-corrected chi connectivity index (χ3v) is 5.96. The maximum atomic E-state index is 13.3. The van der Waals surface area contributed by atoms with E-state index < -0.39 is 6.04 Å². The first-order valence-corrected chi connectivity index (χ1v) is 10.3. The highest BCUT2D eigenvalue weighted by molar-refractivity contribution is 6.23. The Bertz CT molecular complexity index is 901. The van der Waals surface area contributed by atoms with Crippen molar-refractivity contribution in [1.82, 2.24) is 4.90 Å². The number of amides is 3. The number of aryl methyl sites for hydroxylation is 1. The molecule has 1 aliphatic carbocycles. The van der Waals surface area contributed by atoms with Gasteiger partial charge < -0.3 is 4.90 Å². The Morgan fingerprint density at radius 1 is 1.00 bits per heavy atom. The maximum Gasteiger partial charge on any atom is 0.257 e. The van der Waals surface area contributed by atoms with Crippen LogP contribution in [0.15, 0.2) is 54.6 Å². The number of benzene rings is 2. The van der Waals surface area contributed by atoms with Crippen molar-refractivity contribution in [3.63, 3.8) is 0 Å². The first kappa shape index (κ1) is 19.4. The molecule has 1 aliphatic heterocycles. The standard InChI is InChI=1S/C24H26N2O3/c1-17-11-13-20(14-12-17)26-23(28)16-21(24(26)29)25(19-9-5-6-10-19)22(27)15-18-7-3-2-4-8-18/h2-4,7-8,11-14,19,21H,5-6,9-10,15-16H2,1H3. The summed E-state index contributed by atoms with van der Waals surface area (Å²) in [6.07, 6.45) is 4.20. The third kappa shape index (κ3) is 3.95. The van der Waals surface area contributed by atoms with Gasteiger partial charge in [-0.3, -0.25) is 14.4 Å². The molecule has 5 nitrogen and oxygen atoms in total. The molecule has 2 fully saturated rings. The fourth-order valence-electron chi connectivity index (χ4n) is 4.47. The van der Waals surface area contributed by atoms with E-state index in [1.807, 2.05) is 49.4 Å². The molecule has 0 spiro atoms. The fraction of sp³-hybridized carbons (Fsp3) is 0.375. The van der Waals surface area contributed by atoms with Crippen LogP contribution in [0.2, 0.25) is 0 Å². The van der Waals surface area contributed by atoms with Crippen molar-refractivity contribution in [1.29, 1.82) is 0 Å². The van der Waals surface area contributed by atoms with Gasteiger partial charge in [-0.05, 0) is 37.5 Å². The summed E-state index contributed by atoms with van der Waals surface area (Å²) in [7, 11) is 0. The molecule has 2 aromatic carbocycles. The lowest BCUT2D eigenvalue weighted by Crippen LogP contribution is -2.50. The van der Waals surface area contributed by atoms with Gasteiger partial charge in [0.05, 0.1) is 18.5 Å². The van der Waals surface area contributed by atoms with Gasteiger partial charge in [-0.25, -0.2) is 4.90 Å². The summed E-state index contributed by atoms with van der Waals surface area (Å²) < 4.78 is 0. The van der Waals surface area contributed by atoms with Crippen LogP contribution in [0.4, 0.5) is 5.69 Å². The molecule has 1 unspecified atom stereocenters. The number of carbonyl (C=O) groups is 3. The predicted molar refractivity (Wildman–Crippen MR) is 111 cm³/mol. The Hall–Kier alpha value is -2.95. The fourth-order valence-corrected chi connectivity index (χ4v) is 4.47. The van der Waals surface area contributed by atoms with Gasteiger partial charge in [-0.1, -0.05) is 60.9 Å². The van der Waals surface area contributed by atoms with E-state index in [2.05, 4.69) is 0 Å². The second-order valence-electron chi connectivity index (χ2n) is 8.02. The van der Waals surface area contributed by atoms with E-state index in [9.17, 15) is 14.4 Å². The zero-order valence-corrected chi connectivity index (χ0v) is 16.7. The highest BCUT2D eigenvalue weighted by Crippen LogP contribution is 2.32. The molecule has 0 bridgehead atoms. The maximum absolute atomic E-state index is 13.3. The lowest BCUT2D eigenvalue weighted by atomic mass is 10.1. The molecular formula is C24H26N2O3. The summed E-state index contributed by atoms with van der Waals surface area (Å²) in [5.41, 5.74) is 2.57. The largest absolute Gasteiger partial charge is 0.327 e. The minimum Gasteiger partial charge on any atom is -0.327 e. The van der Waals surface area contributed by atoms with Gasteiger partial charge in [0.1, 0.15) is 6.04 Å². The molecule has 0 N–H and O–H groups in total. The number of imide groups is 1. The van der Waals surface area contributed by atoms with E-state index in [4.69, 9.17) is 0 Å². The van der Waals surface area contributed by atoms with Crippen LogP contribution in [0.5, 0.6) is 0 Å². The highest BCUT2D eigenvalue weighted by Gasteiger charge is 2.46. The molecule has 0 aromatic heterocycles. The summed E-state index contributed by atoms with van der Waals surface area (Å²) in [6, 6.07) is 16.3. The molecule has 150 valence electrons.